The molecule has 1 N–H and O–H groups in total. The third-order valence-corrected chi connectivity index (χ3v) is 5.50. The molecule has 2 fully saturated rings. The van der Waals surface area contributed by atoms with Crippen LogP contribution in [0.1, 0.15) is 44.4 Å². The van der Waals surface area contributed by atoms with Crippen molar-refractivity contribution in [3.8, 4) is 0 Å². The molecule has 1 amide bonds. The molecule has 1 aromatic heterocycles. The molecule has 0 bridgehead atoms. The average Bonchev–Trinajstić information content (AvgIpc) is 3.17. The van der Waals surface area contributed by atoms with E-state index in [9.17, 15) is 4.79 Å². The van der Waals surface area contributed by atoms with Crippen LogP contribution in [0.5, 0.6) is 0 Å². The first kappa shape index (κ1) is 24.1. The summed E-state index contributed by atoms with van der Waals surface area (Å²) in [4.78, 5) is 21.7. The van der Waals surface area contributed by atoms with Gasteiger partial charge in [0, 0.05) is 39.7 Å². The quantitative estimate of drug-likeness (QED) is 0.766. The van der Waals surface area contributed by atoms with Crippen LogP contribution in [0.4, 0.5) is 0 Å². The number of halogens is 2. The minimum Gasteiger partial charge on any atom is -0.368 e. The van der Waals surface area contributed by atoms with Gasteiger partial charge in [-0.05, 0) is 32.9 Å². The number of aryl methyl sites for hydroxylation is 1. The summed E-state index contributed by atoms with van der Waals surface area (Å²) in [6.45, 7) is 8.75. The maximum absolute atomic E-state index is 13.0. The molecular formula is C17H31Cl2N5O3. The number of methoxy groups -OCH3 is 1. The average molecular weight is 424 g/mol. The third kappa shape index (κ3) is 5.12. The van der Waals surface area contributed by atoms with Gasteiger partial charge < -0.3 is 19.5 Å². The summed E-state index contributed by atoms with van der Waals surface area (Å²) in [5.74, 6) is 1.53. The Kier molecular flexibility index (Phi) is 9.44. The zero-order chi connectivity index (χ0) is 17.9. The number of piperidine rings is 1. The molecule has 10 heteroatoms. The highest BCUT2D eigenvalue weighted by Crippen LogP contribution is 2.27. The fourth-order valence-electron chi connectivity index (χ4n) is 3.67. The number of piperazine rings is 1. The van der Waals surface area contributed by atoms with Crippen LogP contribution in [-0.4, -0.2) is 77.8 Å². The highest BCUT2D eigenvalue weighted by Gasteiger charge is 2.43. The van der Waals surface area contributed by atoms with Crippen LogP contribution in [0.25, 0.3) is 0 Å². The largest absolute Gasteiger partial charge is 0.368 e. The Bertz CT molecular complexity index is 587. The third-order valence-electron chi connectivity index (χ3n) is 5.50. The molecule has 0 aliphatic carbocycles. The van der Waals surface area contributed by atoms with E-state index in [0.29, 0.717) is 19.0 Å². The second kappa shape index (κ2) is 10.6. The normalized spacial score (nSPS) is 21.1. The molecule has 27 heavy (non-hydrogen) atoms. The molecule has 0 spiro atoms. The minimum atomic E-state index is -0.651. The second-order valence-electron chi connectivity index (χ2n) is 6.85. The standard InChI is InChI=1S/C17H29N5O3.2ClH/c1-4-14-19-15(25-20-14)13(2)21-9-11-22(12-10-21)16(23)17(24-3)5-7-18-8-6-17;;/h13,18H,4-12H2,1-3H3;2*1H. The first-order valence-corrected chi connectivity index (χ1v) is 9.21. The van der Waals surface area contributed by atoms with E-state index in [1.807, 2.05) is 11.8 Å². The summed E-state index contributed by atoms with van der Waals surface area (Å²) < 4.78 is 11.0. The second-order valence-corrected chi connectivity index (χ2v) is 6.85. The van der Waals surface area contributed by atoms with Crippen LogP contribution in [0.3, 0.4) is 0 Å². The van der Waals surface area contributed by atoms with Gasteiger partial charge in [0.25, 0.3) is 5.91 Å². The van der Waals surface area contributed by atoms with Crippen molar-refractivity contribution >= 4 is 30.7 Å². The van der Waals surface area contributed by atoms with E-state index in [0.717, 1.165) is 51.3 Å². The number of aromatic nitrogens is 2. The Morgan fingerprint density at radius 1 is 1.26 bits per heavy atom. The summed E-state index contributed by atoms with van der Waals surface area (Å²) in [5.41, 5.74) is -0.651. The first-order chi connectivity index (χ1) is 12.1. The van der Waals surface area contributed by atoms with Gasteiger partial charge in [0.1, 0.15) is 5.60 Å². The summed E-state index contributed by atoms with van der Waals surface area (Å²) in [6.07, 6.45) is 2.24. The van der Waals surface area contributed by atoms with Gasteiger partial charge in [0.15, 0.2) is 5.82 Å². The number of nitrogens with zero attached hydrogens (tertiary/aromatic N) is 4. The van der Waals surface area contributed by atoms with Crippen LogP contribution in [-0.2, 0) is 16.0 Å². The van der Waals surface area contributed by atoms with Crippen molar-refractivity contribution in [2.24, 2.45) is 0 Å². The molecule has 0 radical (unpaired) electrons. The van der Waals surface area contributed by atoms with Crippen LogP contribution in [0.2, 0.25) is 0 Å². The molecule has 2 aliphatic heterocycles. The topological polar surface area (TPSA) is 83.7 Å². The molecule has 156 valence electrons. The Labute approximate surface area is 173 Å². The number of nitrogens with one attached hydrogen (secondary N) is 1. The number of hydrogen-bond acceptors (Lipinski definition) is 7. The van der Waals surface area contributed by atoms with Crippen LogP contribution < -0.4 is 5.32 Å². The fraction of sp³-hybridized carbons (Fsp3) is 0.824. The zero-order valence-electron chi connectivity index (χ0n) is 16.3. The molecular weight excluding hydrogens is 393 g/mol. The number of amides is 1. The Hall–Kier alpha value is -0.930. The molecule has 1 atom stereocenters. The van der Waals surface area contributed by atoms with Gasteiger partial charge in [-0.2, -0.15) is 4.98 Å². The van der Waals surface area contributed by atoms with Gasteiger partial charge in [-0.3, -0.25) is 9.69 Å². The van der Waals surface area contributed by atoms with Crippen LogP contribution in [0, 0.1) is 0 Å². The van der Waals surface area contributed by atoms with E-state index in [2.05, 4.69) is 27.3 Å². The number of rotatable bonds is 5. The number of ether oxygens (including phenoxy) is 1. The van der Waals surface area contributed by atoms with E-state index in [4.69, 9.17) is 9.26 Å². The lowest BCUT2D eigenvalue weighted by molar-refractivity contribution is -0.160. The maximum atomic E-state index is 13.0. The van der Waals surface area contributed by atoms with Gasteiger partial charge >= 0.3 is 0 Å². The Balaban J connectivity index is 0.00000182. The lowest BCUT2D eigenvalue weighted by Crippen LogP contribution is -2.59. The van der Waals surface area contributed by atoms with E-state index >= 15 is 0 Å². The smallest absolute Gasteiger partial charge is 0.254 e. The van der Waals surface area contributed by atoms with Crippen LogP contribution >= 0.6 is 24.8 Å². The molecule has 8 nitrogen and oxygen atoms in total. The molecule has 2 saturated heterocycles. The Morgan fingerprint density at radius 2 is 1.89 bits per heavy atom. The van der Waals surface area contributed by atoms with E-state index in [-0.39, 0.29) is 36.8 Å². The number of carbonyl (C=O) groups is 1. The maximum Gasteiger partial charge on any atom is 0.254 e. The van der Waals surface area contributed by atoms with E-state index in [1.165, 1.54) is 0 Å². The summed E-state index contributed by atoms with van der Waals surface area (Å²) in [5, 5.41) is 7.27. The van der Waals surface area contributed by atoms with Gasteiger partial charge in [0.05, 0.1) is 6.04 Å². The minimum absolute atomic E-state index is 0. The molecule has 0 aromatic carbocycles. The van der Waals surface area contributed by atoms with Gasteiger partial charge in [-0.1, -0.05) is 12.1 Å². The van der Waals surface area contributed by atoms with Crippen molar-refractivity contribution in [3.05, 3.63) is 11.7 Å². The van der Waals surface area contributed by atoms with Gasteiger partial charge in [0.2, 0.25) is 5.89 Å². The van der Waals surface area contributed by atoms with Crippen molar-refractivity contribution < 1.29 is 14.1 Å². The predicted molar refractivity (Wildman–Crippen MR) is 107 cm³/mol. The highest BCUT2D eigenvalue weighted by atomic mass is 35.5. The number of carbonyl (C=O) groups excluding carboxylic acids is 1. The Morgan fingerprint density at radius 3 is 2.41 bits per heavy atom. The van der Waals surface area contributed by atoms with Crippen molar-refractivity contribution in [2.75, 3.05) is 46.4 Å². The lowest BCUT2D eigenvalue weighted by atomic mass is 9.90. The van der Waals surface area contributed by atoms with Gasteiger partial charge in [-0.15, -0.1) is 24.8 Å². The zero-order valence-corrected chi connectivity index (χ0v) is 17.9. The fourth-order valence-corrected chi connectivity index (χ4v) is 3.67. The molecule has 1 aromatic rings. The SMILES string of the molecule is CCc1noc(C(C)N2CCN(C(=O)C3(OC)CCNCC3)CC2)n1.Cl.Cl. The van der Waals surface area contributed by atoms with Crippen molar-refractivity contribution in [2.45, 2.75) is 44.8 Å². The molecule has 3 heterocycles. The van der Waals surface area contributed by atoms with E-state index < -0.39 is 5.60 Å². The molecule has 1 unspecified atom stereocenters. The van der Waals surface area contributed by atoms with E-state index in [1.54, 1.807) is 7.11 Å². The van der Waals surface area contributed by atoms with Gasteiger partial charge in [-0.25, -0.2) is 0 Å². The first-order valence-electron chi connectivity index (χ1n) is 9.21. The molecule has 3 rings (SSSR count). The summed E-state index contributed by atoms with van der Waals surface area (Å²) in [6, 6.07) is 0.0697. The van der Waals surface area contributed by atoms with Crippen molar-refractivity contribution in [1.29, 1.82) is 0 Å². The highest BCUT2D eigenvalue weighted by molar-refractivity contribution is 5.86. The summed E-state index contributed by atoms with van der Waals surface area (Å²) in [7, 11) is 1.66. The van der Waals surface area contributed by atoms with Crippen molar-refractivity contribution in [1.82, 2.24) is 25.3 Å². The monoisotopic (exact) mass is 423 g/mol. The molecule has 2 aliphatic rings. The predicted octanol–water partition coefficient (Wildman–Crippen LogP) is 1.45. The summed E-state index contributed by atoms with van der Waals surface area (Å²) >= 11 is 0. The number of hydrogen-bond donors (Lipinski definition) is 1. The molecule has 0 saturated carbocycles. The van der Waals surface area contributed by atoms with Crippen molar-refractivity contribution in [3.63, 3.8) is 0 Å². The lowest BCUT2D eigenvalue weighted by Gasteiger charge is -2.42. The van der Waals surface area contributed by atoms with Crippen LogP contribution in [0.15, 0.2) is 4.52 Å².